The van der Waals surface area contributed by atoms with E-state index in [4.69, 9.17) is 14.0 Å². The van der Waals surface area contributed by atoms with E-state index < -0.39 is 32.2 Å². The zero-order chi connectivity index (χ0) is 23.6. The Labute approximate surface area is 191 Å². The van der Waals surface area contributed by atoms with Crippen LogP contribution in [0, 0.1) is 0 Å². The third kappa shape index (κ3) is 4.89. The molecule has 33 heavy (non-hydrogen) atoms. The van der Waals surface area contributed by atoms with Crippen LogP contribution in [0.5, 0.6) is 0 Å². The van der Waals surface area contributed by atoms with Gasteiger partial charge in [0.25, 0.3) is 0 Å². The molecule has 176 valence electrons. The summed E-state index contributed by atoms with van der Waals surface area (Å²) >= 11 is 0. The van der Waals surface area contributed by atoms with Crippen molar-refractivity contribution >= 4 is 41.7 Å². The van der Waals surface area contributed by atoms with Crippen molar-refractivity contribution in [1.29, 1.82) is 0 Å². The first-order chi connectivity index (χ1) is 15.9. The first kappa shape index (κ1) is 23.6. The normalized spacial score (nSPS) is 22.8. The van der Waals surface area contributed by atoms with Gasteiger partial charge in [-0.25, -0.2) is 9.36 Å². The Morgan fingerprint density at radius 2 is 1.94 bits per heavy atom. The number of phosphoric ester groups is 1. The van der Waals surface area contributed by atoms with Crippen molar-refractivity contribution in [1.82, 2.24) is 4.57 Å². The summed E-state index contributed by atoms with van der Waals surface area (Å²) in [5, 5.41) is 2.00. The van der Waals surface area contributed by atoms with Gasteiger partial charge in [-0.2, -0.15) is 0 Å². The Morgan fingerprint density at radius 3 is 2.67 bits per heavy atom. The summed E-state index contributed by atoms with van der Waals surface area (Å²) in [5.74, 6) is -0.427. The molecule has 0 spiro atoms. The molecule has 2 aromatic carbocycles. The summed E-state index contributed by atoms with van der Waals surface area (Å²) in [5.41, 5.74) is 2.72. The molecule has 9 nitrogen and oxygen atoms in total. The van der Waals surface area contributed by atoms with Crippen molar-refractivity contribution in [3.05, 3.63) is 54.1 Å². The zero-order valence-corrected chi connectivity index (χ0v) is 19.4. The second-order valence-electron chi connectivity index (χ2n) is 7.64. The second kappa shape index (κ2) is 9.77. The number of fused-ring (bicyclic) bond motifs is 3. The number of hydrogen-bond donors (Lipinski definition) is 1. The van der Waals surface area contributed by atoms with Crippen LogP contribution in [-0.2, 0) is 32.6 Å². The minimum atomic E-state index is -4.20. The largest absolute Gasteiger partial charge is 0.472 e. The summed E-state index contributed by atoms with van der Waals surface area (Å²) in [7, 11) is -0.206. The lowest BCUT2D eigenvalue weighted by atomic mass is 10.1. The van der Waals surface area contributed by atoms with E-state index in [9.17, 15) is 14.3 Å². The first-order valence-corrected chi connectivity index (χ1v) is 11.9. The van der Waals surface area contributed by atoms with Crippen LogP contribution in [0.2, 0.25) is 0 Å². The molecule has 4 atom stereocenters. The van der Waals surface area contributed by atoms with Gasteiger partial charge in [-0.15, -0.1) is 0 Å². The number of rotatable bonds is 8. The molecule has 1 N–H and O–H groups in total. The number of esters is 1. The van der Waals surface area contributed by atoms with Crippen molar-refractivity contribution in [2.45, 2.75) is 24.9 Å². The van der Waals surface area contributed by atoms with Gasteiger partial charge in [0, 0.05) is 37.5 Å². The number of methoxy groups -OCH3 is 2. The van der Waals surface area contributed by atoms with E-state index in [0.717, 1.165) is 34.5 Å². The van der Waals surface area contributed by atoms with Gasteiger partial charge in [-0.3, -0.25) is 9.05 Å². The maximum absolute atomic E-state index is 12.0. The third-order valence-corrected chi connectivity index (χ3v) is 6.64. The maximum atomic E-state index is 12.0. The smallest absolute Gasteiger partial charge is 0.466 e. The van der Waals surface area contributed by atoms with Crippen LogP contribution in [0.1, 0.15) is 18.2 Å². The lowest BCUT2D eigenvalue weighted by Crippen LogP contribution is -2.28. The van der Waals surface area contributed by atoms with E-state index in [0.29, 0.717) is 6.42 Å². The lowest BCUT2D eigenvalue weighted by molar-refractivity contribution is -0.134. The van der Waals surface area contributed by atoms with Gasteiger partial charge in [0.2, 0.25) is 0 Å². The zero-order valence-electron chi connectivity index (χ0n) is 18.5. The number of para-hydroxylation sites is 1. The number of carbonyl (C=O) groups is 1. The predicted molar refractivity (Wildman–Crippen MR) is 123 cm³/mol. The molecule has 2 unspecified atom stereocenters. The average Bonchev–Trinajstić information content (AvgIpc) is 3.35. The average molecular weight is 475 g/mol. The van der Waals surface area contributed by atoms with Gasteiger partial charge in [0.05, 0.1) is 24.8 Å². The highest BCUT2D eigenvalue weighted by Crippen LogP contribution is 2.48. The number of hydrogen-bond acceptors (Lipinski definition) is 7. The minimum Gasteiger partial charge on any atom is -0.466 e. The van der Waals surface area contributed by atoms with Gasteiger partial charge in [-0.05, 0) is 29.8 Å². The number of phosphoric acid groups is 1. The molecule has 10 heteroatoms. The molecule has 2 heterocycles. The van der Waals surface area contributed by atoms with Crippen molar-refractivity contribution in [3.63, 3.8) is 0 Å². The Bertz CT molecular complexity index is 1240. The fourth-order valence-corrected chi connectivity index (χ4v) is 4.81. The summed E-state index contributed by atoms with van der Waals surface area (Å²) in [6.45, 7) is 0.199. The summed E-state index contributed by atoms with van der Waals surface area (Å²) < 4.78 is 40.2. The highest BCUT2D eigenvalue weighted by molar-refractivity contribution is 7.47. The molecule has 0 bridgehead atoms. The van der Waals surface area contributed by atoms with E-state index in [1.165, 1.54) is 20.3 Å². The molecule has 4 rings (SSSR count). The molecule has 3 aromatic rings. The maximum Gasteiger partial charge on any atom is 0.472 e. The standard InChI is InChI=1S/C23H26NO8P/c1-28-14-21-20(32-33(26,27)30-3)13-22(31-21)24-18-7-5-4-6-16(18)17-12-15(8-10-19(17)24)9-11-23(25)29-2/h4-12,20-22H,13-14H2,1-3H3,(H,26,27)/b11-9+/t20?,21-,22-/m1/s1. The lowest BCUT2D eigenvalue weighted by Gasteiger charge is -2.19. The molecule has 0 saturated carbocycles. The van der Waals surface area contributed by atoms with Crippen LogP contribution >= 0.6 is 7.82 Å². The number of ether oxygens (including phenoxy) is 3. The summed E-state index contributed by atoms with van der Waals surface area (Å²) in [6, 6.07) is 13.8. The van der Waals surface area contributed by atoms with Gasteiger partial charge in [0.15, 0.2) is 0 Å². The first-order valence-electron chi connectivity index (χ1n) is 10.4. The van der Waals surface area contributed by atoms with Crippen LogP contribution in [0.25, 0.3) is 27.9 Å². The third-order valence-electron chi connectivity index (χ3n) is 5.65. The van der Waals surface area contributed by atoms with Crippen LogP contribution in [-0.4, -0.2) is 55.6 Å². The van der Waals surface area contributed by atoms with Gasteiger partial charge in [-0.1, -0.05) is 24.3 Å². The number of nitrogens with zero attached hydrogens (tertiary/aromatic N) is 1. The summed E-state index contributed by atoms with van der Waals surface area (Å²) in [6.07, 6.45) is 1.72. The number of benzene rings is 2. The van der Waals surface area contributed by atoms with E-state index in [1.54, 1.807) is 6.08 Å². The van der Waals surface area contributed by atoms with Crippen molar-refractivity contribution < 1.29 is 37.5 Å². The van der Waals surface area contributed by atoms with Crippen molar-refractivity contribution in [2.24, 2.45) is 0 Å². The minimum absolute atomic E-state index is 0.199. The predicted octanol–water partition coefficient (Wildman–Crippen LogP) is 4.05. The Kier molecular flexibility index (Phi) is 6.99. The van der Waals surface area contributed by atoms with Gasteiger partial charge >= 0.3 is 13.8 Å². The van der Waals surface area contributed by atoms with Crippen LogP contribution in [0.15, 0.2) is 48.5 Å². The molecule has 0 aliphatic carbocycles. The molecular weight excluding hydrogens is 449 g/mol. The Balaban J connectivity index is 1.76. The highest BCUT2D eigenvalue weighted by atomic mass is 31.2. The van der Waals surface area contributed by atoms with E-state index in [2.05, 4.69) is 13.8 Å². The van der Waals surface area contributed by atoms with Gasteiger partial charge < -0.3 is 23.7 Å². The molecule has 1 aliphatic heterocycles. The topological polar surface area (TPSA) is 105 Å². The molecule has 0 amide bonds. The molecular formula is C23H26NO8P. The molecule has 1 fully saturated rings. The Hall–Kier alpha value is -2.52. The summed E-state index contributed by atoms with van der Waals surface area (Å²) in [4.78, 5) is 21.3. The monoisotopic (exact) mass is 475 g/mol. The second-order valence-corrected chi connectivity index (χ2v) is 9.15. The molecule has 1 aliphatic rings. The number of aromatic nitrogens is 1. The fourth-order valence-electron chi connectivity index (χ4n) is 4.16. The Morgan fingerprint density at radius 1 is 1.18 bits per heavy atom. The van der Waals surface area contributed by atoms with E-state index in [1.807, 2.05) is 42.5 Å². The number of carbonyl (C=O) groups excluding carboxylic acids is 1. The van der Waals surface area contributed by atoms with Crippen LogP contribution in [0.3, 0.4) is 0 Å². The molecule has 0 radical (unpaired) electrons. The molecule has 1 aromatic heterocycles. The van der Waals surface area contributed by atoms with E-state index in [-0.39, 0.29) is 6.61 Å². The van der Waals surface area contributed by atoms with Crippen molar-refractivity contribution in [3.8, 4) is 0 Å². The van der Waals surface area contributed by atoms with E-state index >= 15 is 0 Å². The van der Waals surface area contributed by atoms with Gasteiger partial charge in [0.1, 0.15) is 18.4 Å². The van der Waals surface area contributed by atoms with Crippen LogP contribution in [0.4, 0.5) is 0 Å². The van der Waals surface area contributed by atoms with Crippen molar-refractivity contribution in [2.75, 3.05) is 27.9 Å². The molecule has 1 saturated heterocycles. The van der Waals surface area contributed by atoms with Crippen LogP contribution < -0.4 is 0 Å². The fraction of sp³-hybridized carbons (Fsp3) is 0.348. The SMILES string of the molecule is COC[C@H]1O[C@@H](n2c3ccccc3c3cc(/C=C/C(=O)OC)ccc32)CC1OP(=O)(O)OC. The highest BCUT2D eigenvalue weighted by Gasteiger charge is 2.42. The quantitative estimate of drug-likeness (QED) is 0.296.